The predicted molar refractivity (Wildman–Crippen MR) is 55.7 cm³/mol. The molecule has 1 aromatic rings. The minimum Gasteiger partial charge on any atom is -0.351 e. The smallest absolute Gasteiger partial charge is 0.351 e. The van der Waals surface area contributed by atoms with Crippen molar-refractivity contribution < 1.29 is 18.3 Å². The van der Waals surface area contributed by atoms with Crippen molar-refractivity contribution in [1.82, 2.24) is 0 Å². The lowest BCUT2D eigenvalue weighted by Gasteiger charge is -2.10. The van der Waals surface area contributed by atoms with Gasteiger partial charge >= 0.3 is 7.60 Å². The van der Waals surface area contributed by atoms with Crippen LogP contribution in [0.5, 0.6) is 0 Å². The summed E-state index contributed by atoms with van der Waals surface area (Å²) >= 11 is 0. The molecule has 1 heterocycles. The Morgan fingerprint density at radius 3 is 2.33 bits per heavy atom. The Labute approximate surface area is 88.7 Å². The summed E-state index contributed by atoms with van der Waals surface area (Å²) in [6.45, 7) is 0. The van der Waals surface area contributed by atoms with Crippen LogP contribution in [0, 0.1) is 0 Å². The summed E-state index contributed by atoms with van der Waals surface area (Å²) in [5.74, 6) is -0.463. The third kappa shape index (κ3) is 1.99. The Morgan fingerprint density at radius 1 is 1.20 bits per heavy atom. The van der Waals surface area contributed by atoms with Crippen LogP contribution in [-0.2, 0) is 18.3 Å². The number of rotatable bonds is 4. The van der Waals surface area contributed by atoms with Gasteiger partial charge in [0.25, 0.3) is 0 Å². The van der Waals surface area contributed by atoms with Crippen LogP contribution < -0.4 is 0 Å². The molecule has 15 heavy (non-hydrogen) atoms. The van der Waals surface area contributed by atoms with Crippen LogP contribution in [0.4, 0.5) is 0 Å². The van der Waals surface area contributed by atoms with E-state index in [-0.39, 0.29) is 6.10 Å². The Kier molecular flexibility index (Phi) is 2.94. The molecule has 2 rings (SSSR count). The molecule has 1 fully saturated rings. The molecule has 82 valence electrons. The van der Waals surface area contributed by atoms with Crippen LogP contribution in [-0.4, -0.2) is 20.1 Å². The molecular formula is C10H13O4P. The molecule has 0 amide bonds. The van der Waals surface area contributed by atoms with Gasteiger partial charge in [-0.15, -0.1) is 0 Å². The molecule has 0 N–H and O–H groups in total. The number of ether oxygens (including phenoxy) is 1. The molecule has 0 unspecified atom stereocenters. The number of hydrogen-bond acceptors (Lipinski definition) is 4. The van der Waals surface area contributed by atoms with E-state index in [1.165, 1.54) is 14.2 Å². The van der Waals surface area contributed by atoms with Crippen molar-refractivity contribution in [3.05, 3.63) is 35.9 Å². The molecule has 4 nitrogen and oxygen atoms in total. The minimum absolute atomic E-state index is 0.170. The maximum absolute atomic E-state index is 11.9. The number of hydrogen-bond donors (Lipinski definition) is 0. The summed E-state index contributed by atoms with van der Waals surface area (Å²) in [6.07, 6.45) is -0.170. The van der Waals surface area contributed by atoms with Crippen LogP contribution in [0.15, 0.2) is 30.3 Å². The molecule has 1 aliphatic heterocycles. The van der Waals surface area contributed by atoms with Gasteiger partial charge in [-0.3, -0.25) is 4.57 Å². The van der Waals surface area contributed by atoms with Gasteiger partial charge in [0.05, 0.1) is 0 Å². The SMILES string of the molecule is COP(=O)(OC)[C@H]1O[C@@H]1c1ccccc1. The zero-order valence-corrected chi connectivity index (χ0v) is 9.52. The van der Waals surface area contributed by atoms with E-state index >= 15 is 0 Å². The quantitative estimate of drug-likeness (QED) is 0.587. The van der Waals surface area contributed by atoms with E-state index < -0.39 is 13.4 Å². The zero-order valence-electron chi connectivity index (χ0n) is 8.62. The van der Waals surface area contributed by atoms with E-state index in [4.69, 9.17) is 13.8 Å². The van der Waals surface area contributed by atoms with Crippen molar-refractivity contribution in [1.29, 1.82) is 0 Å². The zero-order chi connectivity index (χ0) is 10.9. The van der Waals surface area contributed by atoms with Crippen LogP contribution >= 0.6 is 7.60 Å². The van der Waals surface area contributed by atoms with Gasteiger partial charge in [-0.1, -0.05) is 30.3 Å². The standard InChI is InChI=1S/C10H13O4P/c1-12-15(11,13-2)10-9(14-10)8-6-4-3-5-7-8/h3-7,9-10H,1-2H3/t9-,10-/m1/s1. The summed E-state index contributed by atoms with van der Waals surface area (Å²) in [4.78, 5) is 0. The Morgan fingerprint density at radius 2 is 1.80 bits per heavy atom. The summed E-state index contributed by atoms with van der Waals surface area (Å²) in [6, 6.07) is 9.62. The van der Waals surface area contributed by atoms with Crippen LogP contribution in [0.1, 0.15) is 11.7 Å². The van der Waals surface area contributed by atoms with Gasteiger partial charge in [0.1, 0.15) is 6.10 Å². The van der Waals surface area contributed by atoms with Crippen LogP contribution in [0.25, 0.3) is 0 Å². The number of benzene rings is 1. The highest BCUT2D eigenvalue weighted by Gasteiger charge is 2.54. The van der Waals surface area contributed by atoms with E-state index in [1.54, 1.807) is 0 Å². The van der Waals surface area contributed by atoms with Gasteiger partial charge in [-0.05, 0) is 5.56 Å². The molecule has 5 heteroatoms. The molecule has 1 aliphatic rings. The molecular weight excluding hydrogens is 215 g/mol. The Bertz CT molecular complexity index is 370. The van der Waals surface area contributed by atoms with Crippen molar-refractivity contribution in [3.63, 3.8) is 0 Å². The highest BCUT2D eigenvalue weighted by Crippen LogP contribution is 2.65. The summed E-state index contributed by atoms with van der Waals surface area (Å²) < 4.78 is 27.0. The minimum atomic E-state index is -3.09. The monoisotopic (exact) mass is 228 g/mol. The van der Waals surface area contributed by atoms with Crippen molar-refractivity contribution in [2.75, 3.05) is 14.2 Å². The van der Waals surface area contributed by atoms with Gasteiger partial charge in [0.2, 0.25) is 0 Å². The molecule has 0 bridgehead atoms. The van der Waals surface area contributed by atoms with Gasteiger partial charge in [-0.25, -0.2) is 0 Å². The second-order valence-corrected chi connectivity index (χ2v) is 5.58. The van der Waals surface area contributed by atoms with Crippen LogP contribution in [0.2, 0.25) is 0 Å². The van der Waals surface area contributed by atoms with Gasteiger partial charge in [0, 0.05) is 14.2 Å². The molecule has 0 aromatic heterocycles. The summed E-state index contributed by atoms with van der Waals surface area (Å²) in [5, 5.41) is 0. The summed E-state index contributed by atoms with van der Waals surface area (Å²) in [5.41, 5.74) is 0.997. The van der Waals surface area contributed by atoms with Crippen molar-refractivity contribution in [2.45, 2.75) is 11.9 Å². The lowest BCUT2D eigenvalue weighted by Crippen LogP contribution is -1.96. The van der Waals surface area contributed by atoms with E-state index in [9.17, 15) is 4.57 Å². The highest BCUT2D eigenvalue weighted by atomic mass is 31.2. The number of epoxide rings is 1. The van der Waals surface area contributed by atoms with Gasteiger partial charge < -0.3 is 13.8 Å². The van der Waals surface area contributed by atoms with E-state index in [0.29, 0.717) is 0 Å². The topological polar surface area (TPSA) is 48.1 Å². The maximum atomic E-state index is 11.9. The third-order valence-corrected chi connectivity index (χ3v) is 4.45. The van der Waals surface area contributed by atoms with Gasteiger partial charge in [0.15, 0.2) is 5.85 Å². The predicted octanol–water partition coefficient (Wildman–Crippen LogP) is 2.57. The fraction of sp³-hybridized carbons (Fsp3) is 0.400. The highest BCUT2D eigenvalue weighted by molar-refractivity contribution is 7.54. The van der Waals surface area contributed by atoms with Crippen molar-refractivity contribution >= 4 is 7.60 Å². The molecule has 2 atom stereocenters. The van der Waals surface area contributed by atoms with Crippen LogP contribution in [0.3, 0.4) is 0 Å². The largest absolute Gasteiger partial charge is 0.361 e. The molecule has 1 aromatic carbocycles. The average molecular weight is 228 g/mol. The molecule has 0 saturated carbocycles. The molecule has 1 saturated heterocycles. The fourth-order valence-electron chi connectivity index (χ4n) is 1.51. The normalized spacial score (nSPS) is 25.2. The second-order valence-electron chi connectivity index (χ2n) is 3.26. The van der Waals surface area contributed by atoms with E-state index in [2.05, 4.69) is 0 Å². The fourth-order valence-corrected chi connectivity index (χ4v) is 2.86. The first kappa shape index (κ1) is 10.8. The first-order valence-electron chi connectivity index (χ1n) is 4.63. The lowest BCUT2D eigenvalue weighted by atomic mass is 10.2. The first-order chi connectivity index (χ1) is 7.21. The molecule has 0 aliphatic carbocycles. The third-order valence-electron chi connectivity index (χ3n) is 2.42. The summed E-state index contributed by atoms with van der Waals surface area (Å²) in [7, 11) is -0.348. The van der Waals surface area contributed by atoms with Crippen molar-refractivity contribution in [3.8, 4) is 0 Å². The Balaban J connectivity index is 2.11. The second kappa shape index (κ2) is 4.06. The Hall–Kier alpha value is -0.670. The van der Waals surface area contributed by atoms with E-state index in [1.807, 2.05) is 30.3 Å². The average Bonchev–Trinajstić information content (AvgIpc) is 3.10. The maximum Gasteiger partial charge on any atom is 0.361 e. The van der Waals surface area contributed by atoms with E-state index in [0.717, 1.165) is 5.56 Å². The van der Waals surface area contributed by atoms with Gasteiger partial charge in [-0.2, -0.15) is 0 Å². The first-order valence-corrected chi connectivity index (χ1v) is 6.24. The molecule has 0 spiro atoms. The lowest BCUT2D eigenvalue weighted by molar-refractivity contribution is 0.257. The van der Waals surface area contributed by atoms with Crippen molar-refractivity contribution in [2.24, 2.45) is 0 Å². The molecule has 0 radical (unpaired) electrons.